The van der Waals surface area contributed by atoms with Crippen LogP contribution >= 0.6 is 0 Å². The topological polar surface area (TPSA) is 91.4 Å². The Balaban J connectivity index is 1.63. The van der Waals surface area contributed by atoms with E-state index in [0.29, 0.717) is 12.8 Å². The van der Waals surface area contributed by atoms with Gasteiger partial charge in [-0.3, -0.25) is 0 Å². The normalized spacial score (nSPS) is 11.8. The highest BCUT2D eigenvalue weighted by atomic mass is 16.5. The standard InChI is InChI=1S/C20H20N2O4/c23-19(26-13-14-6-2-1-3-7-14)18(22-20(24)25)11-10-15-12-21-17-9-5-4-8-16(15)17/h1-9,12,18,21-22H,10-11,13H2,(H,24,25). The first-order valence-corrected chi connectivity index (χ1v) is 8.38. The molecule has 0 saturated heterocycles. The van der Waals surface area contributed by atoms with Gasteiger partial charge in [0.1, 0.15) is 12.6 Å². The zero-order valence-corrected chi connectivity index (χ0v) is 14.1. The monoisotopic (exact) mass is 352 g/mol. The summed E-state index contributed by atoms with van der Waals surface area (Å²) in [6, 6.07) is 16.2. The van der Waals surface area contributed by atoms with Crippen molar-refractivity contribution in [2.75, 3.05) is 0 Å². The maximum absolute atomic E-state index is 12.3. The van der Waals surface area contributed by atoms with Crippen LogP contribution in [0.2, 0.25) is 0 Å². The lowest BCUT2D eigenvalue weighted by atomic mass is 10.0. The van der Waals surface area contributed by atoms with Crippen LogP contribution in [0.4, 0.5) is 4.79 Å². The van der Waals surface area contributed by atoms with Crippen LogP contribution in [0.15, 0.2) is 60.8 Å². The summed E-state index contributed by atoms with van der Waals surface area (Å²) in [5, 5.41) is 12.3. The number of hydrogen-bond acceptors (Lipinski definition) is 3. The number of nitrogens with one attached hydrogen (secondary N) is 2. The molecule has 3 rings (SSSR count). The number of carbonyl (C=O) groups is 2. The molecule has 1 amide bonds. The zero-order valence-electron chi connectivity index (χ0n) is 14.1. The first-order chi connectivity index (χ1) is 12.6. The summed E-state index contributed by atoms with van der Waals surface area (Å²) in [5.41, 5.74) is 2.90. The Labute approximate surface area is 150 Å². The summed E-state index contributed by atoms with van der Waals surface area (Å²) in [7, 11) is 0. The van der Waals surface area contributed by atoms with Crippen LogP contribution in [0, 0.1) is 0 Å². The molecule has 3 aromatic rings. The van der Waals surface area contributed by atoms with Gasteiger partial charge in [0.2, 0.25) is 0 Å². The minimum absolute atomic E-state index is 0.116. The molecule has 1 atom stereocenters. The van der Waals surface area contributed by atoms with E-state index in [1.807, 2.05) is 60.8 Å². The average molecular weight is 352 g/mol. The minimum Gasteiger partial charge on any atom is -0.465 e. The highest BCUT2D eigenvalue weighted by Gasteiger charge is 2.22. The van der Waals surface area contributed by atoms with Crippen molar-refractivity contribution in [1.82, 2.24) is 10.3 Å². The van der Waals surface area contributed by atoms with Crippen LogP contribution in [0.25, 0.3) is 10.9 Å². The highest BCUT2D eigenvalue weighted by Crippen LogP contribution is 2.19. The number of rotatable bonds is 7. The number of H-pyrrole nitrogens is 1. The van der Waals surface area contributed by atoms with Crippen LogP contribution in [0.5, 0.6) is 0 Å². The lowest BCUT2D eigenvalue weighted by molar-refractivity contribution is -0.147. The Morgan fingerprint density at radius 1 is 1.08 bits per heavy atom. The van der Waals surface area contributed by atoms with Gasteiger partial charge in [0.05, 0.1) is 0 Å². The second-order valence-corrected chi connectivity index (χ2v) is 5.99. The summed E-state index contributed by atoms with van der Waals surface area (Å²) in [6.07, 6.45) is 1.51. The molecule has 1 heterocycles. The van der Waals surface area contributed by atoms with Crippen molar-refractivity contribution in [1.29, 1.82) is 0 Å². The molecule has 0 saturated carbocycles. The van der Waals surface area contributed by atoms with Crippen molar-refractivity contribution in [2.45, 2.75) is 25.5 Å². The summed E-state index contributed by atoms with van der Waals surface area (Å²) < 4.78 is 5.28. The number of carboxylic acid groups (broad SMARTS) is 1. The van der Waals surface area contributed by atoms with Crippen molar-refractivity contribution >= 4 is 23.0 Å². The van der Waals surface area contributed by atoms with Crippen molar-refractivity contribution in [3.05, 3.63) is 71.9 Å². The number of hydrogen-bond donors (Lipinski definition) is 3. The third-order valence-electron chi connectivity index (χ3n) is 4.18. The van der Waals surface area contributed by atoms with E-state index in [2.05, 4.69) is 10.3 Å². The van der Waals surface area contributed by atoms with Crippen LogP contribution < -0.4 is 5.32 Å². The number of benzene rings is 2. The van der Waals surface area contributed by atoms with Gasteiger partial charge in [0.25, 0.3) is 0 Å². The molecule has 0 aliphatic heterocycles. The Morgan fingerprint density at radius 3 is 2.58 bits per heavy atom. The molecule has 6 heteroatoms. The second kappa shape index (κ2) is 8.20. The largest absolute Gasteiger partial charge is 0.465 e. The molecular weight excluding hydrogens is 332 g/mol. The van der Waals surface area contributed by atoms with Crippen LogP contribution in [-0.4, -0.2) is 28.2 Å². The fourth-order valence-corrected chi connectivity index (χ4v) is 2.87. The van der Waals surface area contributed by atoms with Gasteiger partial charge in [-0.1, -0.05) is 48.5 Å². The van der Waals surface area contributed by atoms with E-state index in [-0.39, 0.29) is 6.61 Å². The van der Waals surface area contributed by atoms with E-state index in [1.165, 1.54) is 0 Å². The fourth-order valence-electron chi connectivity index (χ4n) is 2.87. The smallest absolute Gasteiger partial charge is 0.405 e. The molecule has 26 heavy (non-hydrogen) atoms. The number of para-hydroxylation sites is 1. The number of aromatic amines is 1. The maximum Gasteiger partial charge on any atom is 0.405 e. The van der Waals surface area contributed by atoms with Gasteiger partial charge in [0.15, 0.2) is 0 Å². The molecule has 3 N–H and O–H groups in total. The highest BCUT2D eigenvalue weighted by molar-refractivity contribution is 5.83. The molecule has 2 aromatic carbocycles. The molecule has 1 aromatic heterocycles. The van der Waals surface area contributed by atoms with Gasteiger partial charge in [0, 0.05) is 17.1 Å². The first-order valence-electron chi connectivity index (χ1n) is 8.38. The van der Waals surface area contributed by atoms with E-state index in [0.717, 1.165) is 22.0 Å². The van der Waals surface area contributed by atoms with E-state index in [4.69, 9.17) is 9.84 Å². The van der Waals surface area contributed by atoms with Gasteiger partial charge < -0.3 is 20.1 Å². The Kier molecular flexibility index (Phi) is 5.53. The fraction of sp³-hybridized carbons (Fsp3) is 0.200. The van der Waals surface area contributed by atoms with Gasteiger partial charge in [-0.2, -0.15) is 0 Å². The Bertz CT molecular complexity index is 889. The number of aryl methyl sites for hydroxylation is 1. The van der Waals surface area contributed by atoms with E-state index < -0.39 is 18.1 Å². The number of esters is 1. The molecule has 134 valence electrons. The van der Waals surface area contributed by atoms with Crippen molar-refractivity contribution < 1.29 is 19.4 Å². The SMILES string of the molecule is O=C(O)NC(CCc1c[nH]c2ccccc12)C(=O)OCc1ccccc1. The van der Waals surface area contributed by atoms with E-state index in [9.17, 15) is 9.59 Å². The number of aromatic nitrogens is 1. The summed E-state index contributed by atoms with van der Waals surface area (Å²) in [4.78, 5) is 26.5. The third-order valence-corrected chi connectivity index (χ3v) is 4.18. The molecule has 0 aliphatic carbocycles. The van der Waals surface area contributed by atoms with Crippen LogP contribution in [0.1, 0.15) is 17.5 Å². The number of fused-ring (bicyclic) bond motifs is 1. The molecule has 0 spiro atoms. The Hall–Kier alpha value is -3.28. The maximum atomic E-state index is 12.3. The molecule has 0 aliphatic rings. The zero-order chi connectivity index (χ0) is 18.4. The molecule has 0 fully saturated rings. The van der Waals surface area contributed by atoms with Crippen molar-refractivity contribution in [3.8, 4) is 0 Å². The third kappa shape index (κ3) is 4.42. The summed E-state index contributed by atoms with van der Waals surface area (Å²) in [5.74, 6) is -0.573. The van der Waals surface area contributed by atoms with Crippen molar-refractivity contribution in [3.63, 3.8) is 0 Å². The predicted octanol–water partition coefficient (Wildman–Crippen LogP) is 3.48. The molecule has 0 bridgehead atoms. The first kappa shape index (κ1) is 17.5. The van der Waals surface area contributed by atoms with Crippen LogP contribution in [-0.2, 0) is 22.6 Å². The second-order valence-electron chi connectivity index (χ2n) is 5.99. The lowest BCUT2D eigenvalue weighted by Crippen LogP contribution is -2.41. The quantitative estimate of drug-likeness (QED) is 0.568. The van der Waals surface area contributed by atoms with Gasteiger partial charge in [-0.15, -0.1) is 0 Å². The molecular formula is C20H20N2O4. The average Bonchev–Trinajstić information content (AvgIpc) is 3.07. The number of carbonyl (C=O) groups excluding carboxylic acids is 1. The minimum atomic E-state index is -1.24. The number of ether oxygens (including phenoxy) is 1. The van der Waals surface area contributed by atoms with Gasteiger partial charge in [-0.05, 0) is 30.0 Å². The predicted molar refractivity (Wildman–Crippen MR) is 97.8 cm³/mol. The van der Waals surface area contributed by atoms with Gasteiger partial charge in [-0.25, -0.2) is 9.59 Å². The van der Waals surface area contributed by atoms with Crippen molar-refractivity contribution in [2.24, 2.45) is 0 Å². The molecule has 6 nitrogen and oxygen atoms in total. The summed E-state index contributed by atoms with van der Waals surface area (Å²) in [6.45, 7) is 0.116. The van der Waals surface area contributed by atoms with E-state index in [1.54, 1.807) is 0 Å². The van der Waals surface area contributed by atoms with Crippen LogP contribution in [0.3, 0.4) is 0 Å². The van der Waals surface area contributed by atoms with E-state index >= 15 is 0 Å². The lowest BCUT2D eigenvalue weighted by Gasteiger charge is -2.16. The summed E-state index contributed by atoms with van der Waals surface area (Å²) >= 11 is 0. The van der Waals surface area contributed by atoms with Gasteiger partial charge >= 0.3 is 12.1 Å². The Morgan fingerprint density at radius 2 is 1.81 bits per heavy atom. The molecule has 1 unspecified atom stereocenters. The number of amides is 1. The molecule has 0 radical (unpaired) electrons.